The smallest absolute Gasteiger partial charge is 0.314 e. The highest BCUT2D eigenvalue weighted by molar-refractivity contribution is 6.32. The summed E-state index contributed by atoms with van der Waals surface area (Å²) >= 11 is 6.30. The minimum Gasteiger partial charge on any atom is -0.425 e. The number of hydrogen-bond acceptors (Lipinski definition) is 3. The quantitative estimate of drug-likeness (QED) is 0.611. The van der Waals surface area contributed by atoms with Crippen LogP contribution in [-0.4, -0.2) is 29.9 Å². The van der Waals surface area contributed by atoms with Crippen molar-refractivity contribution in [2.45, 2.75) is 19.8 Å². The van der Waals surface area contributed by atoms with Gasteiger partial charge in [-0.25, -0.2) is 0 Å². The summed E-state index contributed by atoms with van der Waals surface area (Å²) < 4.78 is 5.50. The molecule has 0 aromatic heterocycles. The number of nitrogens with zero attached hydrogens (tertiary/aromatic N) is 1. The SMILES string of the molecule is CC(=O)N1CCC(C(=O)Oc2ccc(-c3ccccc3)cc2Cl)CC1. The molecule has 1 amide bonds. The molecular formula is C20H20ClNO3. The number of carbonyl (C=O) groups excluding carboxylic acids is 2. The normalized spacial score (nSPS) is 15.0. The van der Waals surface area contributed by atoms with Gasteiger partial charge in [-0.1, -0.05) is 48.0 Å². The van der Waals surface area contributed by atoms with Crippen LogP contribution in [0.25, 0.3) is 11.1 Å². The zero-order chi connectivity index (χ0) is 17.8. The lowest BCUT2D eigenvalue weighted by Gasteiger charge is -2.30. The van der Waals surface area contributed by atoms with Crippen molar-refractivity contribution < 1.29 is 14.3 Å². The number of ether oxygens (including phenoxy) is 1. The Morgan fingerprint density at radius 3 is 2.32 bits per heavy atom. The molecule has 0 unspecified atom stereocenters. The Labute approximate surface area is 152 Å². The standard InChI is InChI=1S/C20H20ClNO3/c1-14(23)22-11-9-16(10-12-22)20(24)25-19-8-7-17(13-18(19)21)15-5-3-2-4-6-15/h2-8,13,16H,9-12H2,1H3. The van der Waals surface area contributed by atoms with E-state index >= 15 is 0 Å². The summed E-state index contributed by atoms with van der Waals surface area (Å²) in [6, 6.07) is 15.3. The molecule has 1 saturated heterocycles. The molecule has 130 valence electrons. The second-order valence-corrected chi connectivity index (χ2v) is 6.62. The van der Waals surface area contributed by atoms with Crippen LogP contribution in [-0.2, 0) is 9.59 Å². The Bertz CT molecular complexity index is 768. The molecule has 2 aromatic rings. The molecule has 4 nitrogen and oxygen atoms in total. The van der Waals surface area contributed by atoms with Crippen molar-refractivity contribution >= 4 is 23.5 Å². The molecule has 1 fully saturated rings. The van der Waals surface area contributed by atoms with Crippen LogP contribution < -0.4 is 4.74 Å². The summed E-state index contributed by atoms with van der Waals surface area (Å²) in [5.41, 5.74) is 2.03. The van der Waals surface area contributed by atoms with Crippen LogP contribution in [0.1, 0.15) is 19.8 Å². The first-order chi connectivity index (χ1) is 12.0. The number of carbonyl (C=O) groups is 2. The van der Waals surface area contributed by atoms with E-state index in [1.54, 1.807) is 24.0 Å². The third-order valence-corrected chi connectivity index (χ3v) is 4.82. The van der Waals surface area contributed by atoms with Gasteiger partial charge in [0.05, 0.1) is 10.9 Å². The van der Waals surface area contributed by atoms with Gasteiger partial charge >= 0.3 is 5.97 Å². The number of piperidine rings is 1. The van der Waals surface area contributed by atoms with Gasteiger partial charge in [0.15, 0.2) is 0 Å². The predicted octanol–water partition coefficient (Wildman–Crippen LogP) is 4.17. The molecule has 0 atom stereocenters. The Kier molecular flexibility index (Phi) is 5.39. The van der Waals surface area contributed by atoms with Crippen molar-refractivity contribution in [2.24, 2.45) is 5.92 Å². The number of rotatable bonds is 3. The molecule has 0 aliphatic carbocycles. The molecule has 2 aromatic carbocycles. The Morgan fingerprint density at radius 2 is 1.72 bits per heavy atom. The van der Waals surface area contributed by atoms with Crippen molar-refractivity contribution in [1.82, 2.24) is 4.90 Å². The topological polar surface area (TPSA) is 46.6 Å². The van der Waals surface area contributed by atoms with Crippen LogP contribution in [0.2, 0.25) is 5.02 Å². The van der Waals surface area contributed by atoms with Gasteiger partial charge in [-0.15, -0.1) is 0 Å². The van der Waals surface area contributed by atoms with E-state index in [0.29, 0.717) is 36.7 Å². The summed E-state index contributed by atoms with van der Waals surface area (Å²) in [6.07, 6.45) is 1.25. The molecule has 1 heterocycles. The van der Waals surface area contributed by atoms with Crippen LogP contribution in [0.3, 0.4) is 0 Å². The molecule has 5 heteroatoms. The summed E-state index contributed by atoms with van der Waals surface area (Å²) in [6.45, 7) is 2.73. The lowest BCUT2D eigenvalue weighted by Crippen LogP contribution is -2.40. The van der Waals surface area contributed by atoms with Gasteiger partial charge in [-0.3, -0.25) is 9.59 Å². The van der Waals surface area contributed by atoms with E-state index in [-0.39, 0.29) is 17.8 Å². The number of halogens is 1. The summed E-state index contributed by atoms with van der Waals surface area (Å²) in [4.78, 5) is 25.5. The van der Waals surface area contributed by atoms with Crippen LogP contribution in [0.15, 0.2) is 48.5 Å². The first-order valence-electron chi connectivity index (χ1n) is 8.37. The fourth-order valence-electron chi connectivity index (χ4n) is 3.02. The maximum atomic E-state index is 12.4. The molecule has 0 saturated carbocycles. The average molecular weight is 358 g/mol. The Balaban J connectivity index is 1.65. The van der Waals surface area contributed by atoms with E-state index in [0.717, 1.165) is 11.1 Å². The molecule has 25 heavy (non-hydrogen) atoms. The number of esters is 1. The summed E-state index contributed by atoms with van der Waals surface area (Å²) in [5, 5.41) is 0.413. The van der Waals surface area contributed by atoms with Gasteiger partial charge in [-0.05, 0) is 36.1 Å². The number of likely N-dealkylation sites (tertiary alicyclic amines) is 1. The maximum absolute atomic E-state index is 12.4. The molecule has 3 rings (SSSR count). The van der Waals surface area contributed by atoms with Gasteiger partial charge in [0.2, 0.25) is 5.91 Å². The number of amides is 1. The second-order valence-electron chi connectivity index (χ2n) is 6.21. The third kappa shape index (κ3) is 4.20. The predicted molar refractivity (Wildman–Crippen MR) is 97.5 cm³/mol. The molecule has 0 bridgehead atoms. The zero-order valence-corrected chi connectivity index (χ0v) is 14.8. The minimum atomic E-state index is -0.280. The van der Waals surface area contributed by atoms with Gasteiger partial charge in [0.1, 0.15) is 5.75 Å². The maximum Gasteiger partial charge on any atom is 0.314 e. The van der Waals surface area contributed by atoms with E-state index in [4.69, 9.17) is 16.3 Å². The molecule has 0 N–H and O–H groups in total. The molecule has 1 aliphatic heterocycles. The lowest BCUT2D eigenvalue weighted by molar-refractivity contribution is -0.142. The average Bonchev–Trinajstić information content (AvgIpc) is 2.64. The largest absolute Gasteiger partial charge is 0.425 e. The van der Waals surface area contributed by atoms with Crippen LogP contribution in [0.5, 0.6) is 5.75 Å². The summed E-state index contributed by atoms with van der Waals surface area (Å²) in [5.74, 6) is -0.0512. The highest BCUT2D eigenvalue weighted by atomic mass is 35.5. The van der Waals surface area contributed by atoms with E-state index < -0.39 is 0 Å². The van der Waals surface area contributed by atoms with Crippen molar-refractivity contribution in [3.05, 3.63) is 53.6 Å². The summed E-state index contributed by atoms with van der Waals surface area (Å²) in [7, 11) is 0. The van der Waals surface area contributed by atoms with Crippen LogP contribution in [0.4, 0.5) is 0 Å². The van der Waals surface area contributed by atoms with Crippen molar-refractivity contribution in [3.8, 4) is 16.9 Å². The molecule has 1 aliphatic rings. The van der Waals surface area contributed by atoms with Gasteiger partial charge in [-0.2, -0.15) is 0 Å². The van der Waals surface area contributed by atoms with Crippen LogP contribution in [0, 0.1) is 5.92 Å². The minimum absolute atomic E-state index is 0.0476. The fourth-order valence-corrected chi connectivity index (χ4v) is 3.23. The third-order valence-electron chi connectivity index (χ3n) is 4.52. The number of hydrogen-bond donors (Lipinski definition) is 0. The van der Waals surface area contributed by atoms with Gasteiger partial charge < -0.3 is 9.64 Å². The van der Waals surface area contributed by atoms with E-state index in [9.17, 15) is 9.59 Å². The van der Waals surface area contributed by atoms with E-state index in [2.05, 4.69) is 0 Å². The molecule has 0 radical (unpaired) electrons. The van der Waals surface area contributed by atoms with Gasteiger partial charge in [0.25, 0.3) is 0 Å². The first-order valence-corrected chi connectivity index (χ1v) is 8.74. The highest BCUT2D eigenvalue weighted by Crippen LogP contribution is 2.31. The van der Waals surface area contributed by atoms with Gasteiger partial charge in [0, 0.05) is 20.0 Å². The zero-order valence-electron chi connectivity index (χ0n) is 14.1. The lowest BCUT2D eigenvalue weighted by atomic mass is 9.97. The first kappa shape index (κ1) is 17.5. The van der Waals surface area contributed by atoms with Crippen molar-refractivity contribution in [3.63, 3.8) is 0 Å². The highest BCUT2D eigenvalue weighted by Gasteiger charge is 2.27. The fraction of sp³-hybridized carbons (Fsp3) is 0.300. The second kappa shape index (κ2) is 7.70. The number of benzene rings is 2. The van der Waals surface area contributed by atoms with Crippen LogP contribution >= 0.6 is 11.6 Å². The van der Waals surface area contributed by atoms with Crippen molar-refractivity contribution in [2.75, 3.05) is 13.1 Å². The van der Waals surface area contributed by atoms with Crippen molar-refractivity contribution in [1.29, 1.82) is 0 Å². The Morgan fingerprint density at radius 1 is 1.04 bits per heavy atom. The van der Waals surface area contributed by atoms with E-state index in [1.165, 1.54) is 0 Å². The molecular weight excluding hydrogens is 338 g/mol. The van der Waals surface area contributed by atoms with E-state index in [1.807, 2.05) is 36.4 Å². The molecule has 0 spiro atoms. The Hall–Kier alpha value is -2.33. The monoisotopic (exact) mass is 357 g/mol.